The SMILES string of the molecule is Cc1ccc(N(C)c2ncc(CNC3CC3)cc2C)cc1. The largest absolute Gasteiger partial charge is 0.329 e. The van der Waals surface area contributed by atoms with Gasteiger partial charge in [0.05, 0.1) is 0 Å². The maximum absolute atomic E-state index is 4.66. The third-order valence-electron chi connectivity index (χ3n) is 4.02. The molecule has 1 aliphatic carbocycles. The summed E-state index contributed by atoms with van der Waals surface area (Å²) >= 11 is 0. The van der Waals surface area contributed by atoms with Gasteiger partial charge in [-0.15, -0.1) is 0 Å². The van der Waals surface area contributed by atoms with Crippen LogP contribution in [0.1, 0.15) is 29.5 Å². The van der Waals surface area contributed by atoms with Gasteiger partial charge in [0, 0.05) is 31.5 Å². The highest BCUT2D eigenvalue weighted by molar-refractivity contribution is 5.62. The summed E-state index contributed by atoms with van der Waals surface area (Å²) in [6.07, 6.45) is 4.63. The second kappa shape index (κ2) is 5.86. The van der Waals surface area contributed by atoms with Crippen LogP contribution in [-0.4, -0.2) is 18.1 Å². The van der Waals surface area contributed by atoms with E-state index in [1.165, 1.54) is 35.2 Å². The summed E-state index contributed by atoms with van der Waals surface area (Å²) < 4.78 is 0. The smallest absolute Gasteiger partial charge is 0.135 e. The van der Waals surface area contributed by atoms with Gasteiger partial charge in [0.1, 0.15) is 5.82 Å². The first-order valence-electron chi connectivity index (χ1n) is 7.63. The van der Waals surface area contributed by atoms with E-state index in [2.05, 4.69) is 66.4 Å². The van der Waals surface area contributed by atoms with E-state index >= 15 is 0 Å². The van der Waals surface area contributed by atoms with Crippen molar-refractivity contribution in [1.29, 1.82) is 0 Å². The van der Waals surface area contributed by atoms with Gasteiger partial charge in [-0.3, -0.25) is 0 Å². The summed E-state index contributed by atoms with van der Waals surface area (Å²) in [6, 6.07) is 11.5. The number of nitrogens with one attached hydrogen (secondary N) is 1. The van der Waals surface area contributed by atoms with E-state index in [1.54, 1.807) is 0 Å². The summed E-state index contributed by atoms with van der Waals surface area (Å²) in [5.74, 6) is 1.02. The maximum Gasteiger partial charge on any atom is 0.135 e. The molecule has 0 bridgehead atoms. The van der Waals surface area contributed by atoms with Crippen molar-refractivity contribution in [2.75, 3.05) is 11.9 Å². The average Bonchev–Trinajstić information content (AvgIpc) is 3.29. The molecule has 2 aromatic rings. The van der Waals surface area contributed by atoms with Crippen molar-refractivity contribution in [3.8, 4) is 0 Å². The normalized spacial score (nSPS) is 14.2. The summed E-state index contributed by atoms with van der Waals surface area (Å²) in [6.45, 7) is 5.16. The molecule has 3 nitrogen and oxygen atoms in total. The van der Waals surface area contributed by atoms with E-state index in [-0.39, 0.29) is 0 Å². The third-order valence-corrected chi connectivity index (χ3v) is 4.02. The second-order valence-electron chi connectivity index (χ2n) is 6.03. The highest BCUT2D eigenvalue weighted by Crippen LogP contribution is 2.25. The van der Waals surface area contributed by atoms with Crippen LogP contribution in [0.15, 0.2) is 36.5 Å². The number of benzene rings is 1. The van der Waals surface area contributed by atoms with E-state index in [1.807, 2.05) is 6.20 Å². The van der Waals surface area contributed by atoms with Gasteiger partial charge in [0.15, 0.2) is 0 Å². The molecule has 1 saturated carbocycles. The molecule has 1 aliphatic rings. The first-order chi connectivity index (χ1) is 10.1. The Morgan fingerprint density at radius 1 is 1.19 bits per heavy atom. The quantitative estimate of drug-likeness (QED) is 0.905. The van der Waals surface area contributed by atoms with Gasteiger partial charge >= 0.3 is 0 Å². The highest BCUT2D eigenvalue weighted by Gasteiger charge is 2.20. The zero-order chi connectivity index (χ0) is 14.8. The summed E-state index contributed by atoms with van der Waals surface area (Å²) in [7, 11) is 2.07. The van der Waals surface area contributed by atoms with E-state index in [4.69, 9.17) is 0 Å². The lowest BCUT2D eigenvalue weighted by Gasteiger charge is -2.21. The molecular formula is C18H23N3. The van der Waals surface area contributed by atoms with Gasteiger partial charge in [-0.25, -0.2) is 4.98 Å². The molecule has 0 saturated heterocycles. The van der Waals surface area contributed by atoms with Crippen molar-refractivity contribution in [3.63, 3.8) is 0 Å². The van der Waals surface area contributed by atoms with Gasteiger partial charge in [-0.05, 0) is 56.0 Å². The van der Waals surface area contributed by atoms with Crippen molar-refractivity contribution < 1.29 is 0 Å². The molecule has 0 unspecified atom stereocenters. The predicted octanol–water partition coefficient (Wildman–Crippen LogP) is 3.72. The number of hydrogen-bond acceptors (Lipinski definition) is 3. The van der Waals surface area contributed by atoms with Crippen LogP contribution in [0.4, 0.5) is 11.5 Å². The molecule has 1 aromatic heterocycles. The Bertz CT molecular complexity index is 615. The minimum atomic E-state index is 0.736. The lowest BCUT2D eigenvalue weighted by atomic mass is 10.1. The number of nitrogens with zero attached hydrogens (tertiary/aromatic N) is 2. The molecule has 3 rings (SSSR count). The molecule has 0 radical (unpaired) electrons. The number of hydrogen-bond donors (Lipinski definition) is 1. The van der Waals surface area contributed by atoms with E-state index in [0.717, 1.165) is 18.4 Å². The third kappa shape index (κ3) is 3.42. The Morgan fingerprint density at radius 2 is 1.90 bits per heavy atom. The number of pyridine rings is 1. The Balaban J connectivity index is 1.75. The fraction of sp³-hybridized carbons (Fsp3) is 0.389. The predicted molar refractivity (Wildman–Crippen MR) is 88.1 cm³/mol. The molecule has 1 aromatic carbocycles. The van der Waals surface area contributed by atoms with E-state index in [9.17, 15) is 0 Å². The second-order valence-corrected chi connectivity index (χ2v) is 6.03. The van der Waals surface area contributed by atoms with Gasteiger partial charge in [0.2, 0.25) is 0 Å². The van der Waals surface area contributed by atoms with Crippen molar-refractivity contribution in [1.82, 2.24) is 10.3 Å². The summed E-state index contributed by atoms with van der Waals surface area (Å²) in [4.78, 5) is 6.81. The molecule has 1 heterocycles. The molecular weight excluding hydrogens is 258 g/mol. The van der Waals surface area contributed by atoms with Gasteiger partial charge in [0.25, 0.3) is 0 Å². The molecule has 21 heavy (non-hydrogen) atoms. The van der Waals surface area contributed by atoms with E-state index in [0.29, 0.717) is 0 Å². The van der Waals surface area contributed by atoms with Crippen LogP contribution in [-0.2, 0) is 6.54 Å². The highest BCUT2D eigenvalue weighted by atomic mass is 15.2. The Labute approximate surface area is 127 Å². The van der Waals surface area contributed by atoms with Crippen molar-refractivity contribution in [2.45, 2.75) is 39.3 Å². The Hall–Kier alpha value is -1.87. The van der Waals surface area contributed by atoms with Crippen LogP contribution in [0.25, 0.3) is 0 Å². The molecule has 110 valence electrons. The zero-order valence-electron chi connectivity index (χ0n) is 13.1. The van der Waals surface area contributed by atoms with Gasteiger partial charge in [-0.1, -0.05) is 17.7 Å². The summed E-state index contributed by atoms with van der Waals surface area (Å²) in [5.41, 5.74) is 4.92. The van der Waals surface area contributed by atoms with Crippen LogP contribution in [0.3, 0.4) is 0 Å². The molecule has 0 amide bonds. The number of aryl methyl sites for hydroxylation is 2. The number of aromatic nitrogens is 1. The topological polar surface area (TPSA) is 28.2 Å². The first-order valence-corrected chi connectivity index (χ1v) is 7.63. The molecule has 3 heteroatoms. The van der Waals surface area contributed by atoms with E-state index < -0.39 is 0 Å². The molecule has 1 N–H and O–H groups in total. The fourth-order valence-electron chi connectivity index (χ4n) is 2.51. The maximum atomic E-state index is 4.66. The average molecular weight is 281 g/mol. The van der Waals surface area contributed by atoms with Crippen molar-refractivity contribution >= 4 is 11.5 Å². The molecule has 0 spiro atoms. The van der Waals surface area contributed by atoms with Crippen LogP contribution < -0.4 is 10.2 Å². The van der Waals surface area contributed by atoms with Crippen LogP contribution in [0, 0.1) is 13.8 Å². The zero-order valence-corrected chi connectivity index (χ0v) is 13.1. The minimum absolute atomic E-state index is 0.736. The number of rotatable bonds is 5. The van der Waals surface area contributed by atoms with Crippen LogP contribution in [0.5, 0.6) is 0 Å². The molecule has 1 fully saturated rings. The van der Waals surface area contributed by atoms with Crippen molar-refractivity contribution in [3.05, 3.63) is 53.2 Å². The standard InChI is InChI=1S/C18H23N3/c1-13-4-8-17(9-5-13)21(3)18-14(2)10-15(12-20-18)11-19-16-6-7-16/h4-5,8-10,12,16,19H,6-7,11H2,1-3H3. The molecule has 0 aliphatic heterocycles. The van der Waals surface area contributed by atoms with Crippen LogP contribution >= 0.6 is 0 Å². The Morgan fingerprint density at radius 3 is 2.52 bits per heavy atom. The summed E-state index contributed by atoms with van der Waals surface area (Å²) in [5, 5.41) is 3.53. The Kier molecular flexibility index (Phi) is 3.93. The lowest BCUT2D eigenvalue weighted by Crippen LogP contribution is -2.17. The van der Waals surface area contributed by atoms with Gasteiger partial charge < -0.3 is 10.2 Å². The number of anilines is 2. The minimum Gasteiger partial charge on any atom is -0.329 e. The fourth-order valence-corrected chi connectivity index (χ4v) is 2.51. The first kappa shape index (κ1) is 14.1. The van der Waals surface area contributed by atoms with Gasteiger partial charge in [-0.2, -0.15) is 0 Å². The monoisotopic (exact) mass is 281 g/mol. The lowest BCUT2D eigenvalue weighted by molar-refractivity contribution is 0.685. The van der Waals surface area contributed by atoms with Crippen molar-refractivity contribution in [2.24, 2.45) is 0 Å². The van der Waals surface area contributed by atoms with Crippen LogP contribution in [0.2, 0.25) is 0 Å². The molecule has 0 atom stereocenters.